The second kappa shape index (κ2) is 5.21. The molecule has 3 nitrogen and oxygen atoms in total. The molecule has 0 radical (unpaired) electrons. The zero-order chi connectivity index (χ0) is 15.1. The minimum Gasteiger partial charge on any atom is -0.508 e. The van der Waals surface area contributed by atoms with Gasteiger partial charge in [0.25, 0.3) is 0 Å². The van der Waals surface area contributed by atoms with E-state index in [4.69, 9.17) is 4.98 Å². The van der Waals surface area contributed by atoms with Gasteiger partial charge < -0.3 is 10.4 Å². The average Bonchev–Trinajstić information content (AvgIpc) is 2.97. The van der Waals surface area contributed by atoms with Gasteiger partial charge >= 0.3 is 0 Å². The van der Waals surface area contributed by atoms with Gasteiger partial charge in [-0.15, -0.1) is 0 Å². The molecule has 4 heteroatoms. The summed E-state index contributed by atoms with van der Waals surface area (Å²) < 4.78 is 0. The molecule has 110 valence electrons. The van der Waals surface area contributed by atoms with Gasteiger partial charge in [-0.05, 0) is 36.8 Å². The fourth-order valence-corrected chi connectivity index (χ4v) is 3.94. The summed E-state index contributed by atoms with van der Waals surface area (Å²) in [6.45, 7) is 2.00. The maximum absolute atomic E-state index is 9.59. The van der Waals surface area contributed by atoms with Crippen molar-refractivity contribution >= 4 is 34.0 Å². The third-order valence-corrected chi connectivity index (χ3v) is 5.00. The predicted molar refractivity (Wildman–Crippen MR) is 92.9 cm³/mol. The van der Waals surface area contributed by atoms with Gasteiger partial charge in [0.15, 0.2) is 0 Å². The molecule has 0 fully saturated rings. The molecule has 1 aliphatic heterocycles. The van der Waals surface area contributed by atoms with E-state index in [0.717, 1.165) is 39.3 Å². The van der Waals surface area contributed by atoms with Crippen molar-refractivity contribution in [3.8, 4) is 5.75 Å². The molecule has 1 aliphatic rings. The third-order valence-electron chi connectivity index (χ3n) is 4.03. The minimum atomic E-state index is 0.295. The number of para-hydroxylation sites is 1. The molecule has 3 aromatic rings. The van der Waals surface area contributed by atoms with Crippen LogP contribution in [0.2, 0.25) is 0 Å². The molecule has 2 heterocycles. The summed E-state index contributed by atoms with van der Waals surface area (Å²) in [4.78, 5) is 4.79. The number of hydrogen-bond acceptors (Lipinski definition) is 4. The van der Waals surface area contributed by atoms with Crippen LogP contribution in [-0.2, 0) is 11.5 Å². The van der Waals surface area contributed by atoms with Crippen LogP contribution in [-0.4, -0.2) is 10.1 Å². The Morgan fingerprint density at radius 2 is 2.00 bits per heavy atom. The van der Waals surface area contributed by atoms with E-state index in [1.807, 2.05) is 36.9 Å². The first-order valence-corrected chi connectivity index (χ1v) is 8.43. The van der Waals surface area contributed by atoms with Crippen LogP contribution in [0.25, 0.3) is 10.9 Å². The smallest absolute Gasteiger partial charge is 0.115 e. The van der Waals surface area contributed by atoms with Crippen molar-refractivity contribution < 1.29 is 5.11 Å². The van der Waals surface area contributed by atoms with Crippen LogP contribution in [0.1, 0.15) is 16.8 Å². The van der Waals surface area contributed by atoms with Gasteiger partial charge in [0.1, 0.15) is 5.75 Å². The van der Waals surface area contributed by atoms with Crippen LogP contribution in [0.5, 0.6) is 5.75 Å². The molecule has 2 aromatic carbocycles. The summed E-state index contributed by atoms with van der Waals surface area (Å²) in [7, 11) is 0. The van der Waals surface area contributed by atoms with Crippen LogP contribution in [0.4, 0.5) is 11.4 Å². The van der Waals surface area contributed by atoms with Gasteiger partial charge in [0, 0.05) is 28.1 Å². The highest BCUT2D eigenvalue weighted by Gasteiger charge is 2.20. The molecule has 0 unspecified atom stereocenters. The van der Waals surface area contributed by atoms with Crippen molar-refractivity contribution in [2.24, 2.45) is 0 Å². The number of thioether (sulfide) groups is 1. The number of phenols is 1. The Morgan fingerprint density at radius 1 is 1.14 bits per heavy atom. The van der Waals surface area contributed by atoms with E-state index in [0.29, 0.717) is 5.75 Å². The molecule has 4 rings (SSSR count). The van der Waals surface area contributed by atoms with Crippen LogP contribution < -0.4 is 5.32 Å². The van der Waals surface area contributed by atoms with Gasteiger partial charge in [-0.25, -0.2) is 0 Å². The maximum Gasteiger partial charge on any atom is 0.115 e. The molecule has 22 heavy (non-hydrogen) atoms. The molecule has 0 saturated carbocycles. The minimum absolute atomic E-state index is 0.295. The number of nitrogens with zero attached hydrogens (tertiary/aromatic N) is 1. The monoisotopic (exact) mass is 308 g/mol. The lowest BCUT2D eigenvalue weighted by Gasteiger charge is -2.16. The second-order valence-corrected chi connectivity index (χ2v) is 6.53. The van der Waals surface area contributed by atoms with E-state index in [-0.39, 0.29) is 0 Å². The largest absolute Gasteiger partial charge is 0.508 e. The molecule has 0 aliphatic carbocycles. The number of benzene rings is 2. The number of aryl methyl sites for hydroxylation is 1. The predicted octanol–water partition coefficient (Wildman–Crippen LogP) is 4.74. The molecule has 1 aromatic heterocycles. The first-order chi connectivity index (χ1) is 10.7. The van der Waals surface area contributed by atoms with Gasteiger partial charge in [0.2, 0.25) is 0 Å². The van der Waals surface area contributed by atoms with Gasteiger partial charge in [0.05, 0.1) is 16.9 Å². The topological polar surface area (TPSA) is 45.1 Å². The van der Waals surface area contributed by atoms with Crippen molar-refractivity contribution in [1.82, 2.24) is 4.98 Å². The fraction of sp³-hybridized carbons (Fsp3) is 0.167. The van der Waals surface area contributed by atoms with Gasteiger partial charge in [-0.3, -0.25) is 4.98 Å². The SMILES string of the molecule is Cc1cc(O)ccc1Nc1c2c(nc3ccccc13)CSC2. The third kappa shape index (κ3) is 2.20. The number of fused-ring (bicyclic) bond motifs is 2. The summed E-state index contributed by atoms with van der Waals surface area (Å²) in [5, 5.41) is 14.3. The van der Waals surface area contributed by atoms with Crippen LogP contribution in [0.3, 0.4) is 0 Å². The molecule has 0 spiro atoms. The van der Waals surface area contributed by atoms with Crippen molar-refractivity contribution in [3.63, 3.8) is 0 Å². The summed E-state index contributed by atoms with van der Waals surface area (Å²) in [5.74, 6) is 2.26. The molecule has 0 amide bonds. The molecular formula is C18H16N2OS. The number of nitrogens with one attached hydrogen (secondary N) is 1. The number of rotatable bonds is 2. The van der Waals surface area contributed by atoms with Crippen LogP contribution in [0.15, 0.2) is 42.5 Å². The summed E-state index contributed by atoms with van der Waals surface area (Å²) in [6, 6.07) is 13.7. The standard InChI is InChI=1S/C18H16N2OS/c1-11-8-12(21)6-7-15(11)20-18-13-4-2-3-5-16(13)19-17-10-22-9-14(17)18/h2-8,21H,9-10H2,1H3,(H,19,20). The van der Waals surface area contributed by atoms with E-state index in [2.05, 4.69) is 17.4 Å². The lowest BCUT2D eigenvalue weighted by atomic mass is 10.1. The Morgan fingerprint density at radius 3 is 2.86 bits per heavy atom. The second-order valence-electron chi connectivity index (χ2n) is 5.55. The van der Waals surface area contributed by atoms with Crippen molar-refractivity contribution in [2.45, 2.75) is 18.4 Å². The maximum atomic E-state index is 9.59. The van der Waals surface area contributed by atoms with Crippen molar-refractivity contribution in [1.29, 1.82) is 0 Å². The van der Waals surface area contributed by atoms with Gasteiger partial charge in [-0.2, -0.15) is 11.8 Å². The molecule has 0 atom stereocenters. The zero-order valence-corrected chi connectivity index (χ0v) is 13.1. The number of hydrogen-bond donors (Lipinski definition) is 2. The fourth-order valence-electron chi connectivity index (χ4n) is 2.89. The highest BCUT2D eigenvalue weighted by atomic mass is 32.2. The quantitative estimate of drug-likeness (QED) is 0.671. The molecule has 2 N–H and O–H groups in total. The Kier molecular flexibility index (Phi) is 3.19. The average molecular weight is 308 g/mol. The number of aromatic nitrogens is 1. The first kappa shape index (κ1) is 13.5. The zero-order valence-electron chi connectivity index (χ0n) is 12.3. The molecule has 0 bridgehead atoms. The first-order valence-electron chi connectivity index (χ1n) is 7.27. The summed E-state index contributed by atoms with van der Waals surface area (Å²) in [5.41, 5.74) is 6.72. The number of phenolic OH excluding ortho intramolecular Hbond substituents is 1. The molecular weight excluding hydrogens is 292 g/mol. The Hall–Kier alpha value is -2.20. The lowest BCUT2D eigenvalue weighted by molar-refractivity contribution is 0.475. The van der Waals surface area contributed by atoms with Crippen LogP contribution in [0, 0.1) is 6.92 Å². The molecule has 0 saturated heterocycles. The number of aromatic hydroxyl groups is 1. The van der Waals surface area contributed by atoms with E-state index < -0.39 is 0 Å². The summed E-state index contributed by atoms with van der Waals surface area (Å²) >= 11 is 1.90. The van der Waals surface area contributed by atoms with Crippen molar-refractivity contribution in [2.75, 3.05) is 5.32 Å². The Labute approximate surface area is 133 Å². The van der Waals surface area contributed by atoms with Crippen LogP contribution >= 0.6 is 11.8 Å². The van der Waals surface area contributed by atoms with Crippen molar-refractivity contribution in [3.05, 3.63) is 59.3 Å². The van der Waals surface area contributed by atoms with E-state index >= 15 is 0 Å². The number of anilines is 2. The van der Waals surface area contributed by atoms with E-state index in [1.165, 1.54) is 11.3 Å². The van der Waals surface area contributed by atoms with E-state index in [9.17, 15) is 5.11 Å². The summed E-state index contributed by atoms with van der Waals surface area (Å²) in [6.07, 6.45) is 0. The van der Waals surface area contributed by atoms with E-state index in [1.54, 1.807) is 12.1 Å². The lowest BCUT2D eigenvalue weighted by Crippen LogP contribution is -2.01. The number of pyridine rings is 1. The van der Waals surface area contributed by atoms with Gasteiger partial charge in [-0.1, -0.05) is 18.2 Å². The highest BCUT2D eigenvalue weighted by Crippen LogP contribution is 2.39. The Bertz CT molecular complexity index is 876. The Balaban J connectivity index is 1.90. The normalized spacial score (nSPS) is 13.3. The highest BCUT2D eigenvalue weighted by molar-refractivity contribution is 7.98.